The summed E-state index contributed by atoms with van der Waals surface area (Å²) in [5.74, 6) is 0.465. The van der Waals surface area contributed by atoms with Crippen LogP contribution in [0.1, 0.15) is 32.0 Å². The Balaban J connectivity index is 2.74. The molecule has 0 saturated heterocycles. The first-order valence-electron chi connectivity index (χ1n) is 5.89. The van der Waals surface area contributed by atoms with E-state index in [1.807, 2.05) is 19.1 Å². The lowest BCUT2D eigenvalue weighted by Gasteiger charge is -2.21. The van der Waals surface area contributed by atoms with E-state index >= 15 is 0 Å². The van der Waals surface area contributed by atoms with Crippen LogP contribution in [0.2, 0.25) is 0 Å². The van der Waals surface area contributed by atoms with Gasteiger partial charge < -0.3 is 5.73 Å². The molecule has 19 heavy (non-hydrogen) atoms. The minimum atomic E-state index is -0.142. The van der Waals surface area contributed by atoms with E-state index in [1.54, 1.807) is 4.68 Å². The van der Waals surface area contributed by atoms with Gasteiger partial charge in [0, 0.05) is 14.4 Å². The third kappa shape index (κ3) is 2.69. The highest BCUT2D eigenvalue weighted by molar-refractivity contribution is 9.11. The smallest absolute Gasteiger partial charge is 0.170 e. The van der Waals surface area contributed by atoms with Gasteiger partial charge in [0.25, 0.3) is 0 Å². The number of nitrogen functional groups attached to an aromatic ring is 1. The van der Waals surface area contributed by atoms with Crippen molar-refractivity contribution in [2.75, 3.05) is 5.73 Å². The van der Waals surface area contributed by atoms with Gasteiger partial charge in [0.1, 0.15) is 0 Å². The molecule has 4 nitrogen and oxygen atoms in total. The fraction of sp³-hybridized carbons (Fsp3) is 0.385. The van der Waals surface area contributed by atoms with Gasteiger partial charge in [-0.05, 0) is 56.5 Å². The van der Waals surface area contributed by atoms with Crippen LogP contribution in [0.3, 0.4) is 0 Å². The topological polar surface area (TPSA) is 56.7 Å². The molecule has 102 valence electrons. The van der Waals surface area contributed by atoms with E-state index < -0.39 is 0 Å². The number of anilines is 1. The second-order valence-electron chi connectivity index (χ2n) is 5.56. The molecule has 0 unspecified atom stereocenters. The predicted molar refractivity (Wildman–Crippen MR) is 84.6 cm³/mol. The van der Waals surface area contributed by atoms with E-state index in [1.165, 1.54) is 0 Å². The Morgan fingerprint density at radius 3 is 2.16 bits per heavy atom. The summed E-state index contributed by atoms with van der Waals surface area (Å²) in [5.41, 5.74) is 8.81. The number of hydrogen-bond donors (Lipinski definition) is 1. The average Bonchev–Trinajstić information content (AvgIpc) is 2.57. The number of benzene rings is 1. The Morgan fingerprint density at radius 1 is 1.16 bits per heavy atom. The van der Waals surface area contributed by atoms with Crippen molar-refractivity contribution < 1.29 is 0 Å². The summed E-state index contributed by atoms with van der Waals surface area (Å²) >= 11 is 7.17. The number of aromatic nitrogens is 3. The molecule has 0 bridgehead atoms. The summed E-state index contributed by atoms with van der Waals surface area (Å²) in [6.45, 7) is 8.32. The van der Waals surface area contributed by atoms with Crippen LogP contribution in [0.25, 0.3) is 5.69 Å². The average molecular weight is 388 g/mol. The first-order valence-corrected chi connectivity index (χ1v) is 7.48. The largest absolute Gasteiger partial charge is 0.381 e. The van der Waals surface area contributed by atoms with Crippen molar-refractivity contribution in [2.45, 2.75) is 33.1 Å². The minimum absolute atomic E-state index is 0.142. The van der Waals surface area contributed by atoms with Crippen LogP contribution < -0.4 is 5.73 Å². The zero-order chi connectivity index (χ0) is 14.4. The molecule has 2 N–H and O–H groups in total. The van der Waals surface area contributed by atoms with Crippen LogP contribution in [0, 0.1) is 6.92 Å². The van der Waals surface area contributed by atoms with Crippen molar-refractivity contribution in [3.8, 4) is 5.69 Å². The Labute approximate surface area is 129 Å². The lowest BCUT2D eigenvalue weighted by molar-refractivity contribution is 0.543. The molecule has 0 amide bonds. The number of halogens is 2. The molecule has 0 aliphatic carbocycles. The van der Waals surface area contributed by atoms with Crippen molar-refractivity contribution >= 4 is 37.7 Å². The fourth-order valence-electron chi connectivity index (χ4n) is 2.05. The summed E-state index contributed by atoms with van der Waals surface area (Å²) < 4.78 is 3.70. The van der Waals surface area contributed by atoms with Gasteiger partial charge in [0.2, 0.25) is 0 Å². The third-order valence-corrected chi connectivity index (χ3v) is 3.99. The molecular weight excluding hydrogens is 372 g/mol. The summed E-state index contributed by atoms with van der Waals surface area (Å²) in [5, 5.41) is 8.20. The first-order chi connectivity index (χ1) is 8.71. The van der Waals surface area contributed by atoms with Crippen LogP contribution in [0.5, 0.6) is 0 Å². The molecule has 0 saturated carbocycles. The van der Waals surface area contributed by atoms with Crippen molar-refractivity contribution in [2.24, 2.45) is 0 Å². The van der Waals surface area contributed by atoms with Gasteiger partial charge in [0.05, 0.1) is 11.4 Å². The molecule has 0 spiro atoms. The van der Waals surface area contributed by atoms with Crippen LogP contribution in [0.4, 0.5) is 5.82 Å². The van der Waals surface area contributed by atoms with E-state index in [4.69, 9.17) is 5.73 Å². The maximum atomic E-state index is 5.97. The number of nitrogens with two attached hydrogens (primary N) is 1. The molecule has 6 heteroatoms. The Morgan fingerprint density at radius 2 is 1.68 bits per heavy atom. The van der Waals surface area contributed by atoms with E-state index in [0.717, 1.165) is 25.9 Å². The zero-order valence-corrected chi connectivity index (χ0v) is 14.5. The highest BCUT2D eigenvalue weighted by Crippen LogP contribution is 2.35. The van der Waals surface area contributed by atoms with Gasteiger partial charge in [-0.25, -0.2) is 4.68 Å². The van der Waals surface area contributed by atoms with Gasteiger partial charge in [-0.3, -0.25) is 0 Å². The van der Waals surface area contributed by atoms with Gasteiger partial charge in [-0.15, -0.1) is 5.10 Å². The maximum absolute atomic E-state index is 5.97. The molecule has 0 radical (unpaired) electrons. The molecule has 0 fully saturated rings. The molecule has 1 aromatic heterocycles. The van der Waals surface area contributed by atoms with Gasteiger partial charge in [0.15, 0.2) is 5.82 Å². The van der Waals surface area contributed by atoms with E-state index in [2.05, 4.69) is 62.9 Å². The van der Waals surface area contributed by atoms with Gasteiger partial charge in [-0.2, -0.15) is 0 Å². The molecule has 1 heterocycles. The molecule has 2 aromatic rings. The minimum Gasteiger partial charge on any atom is -0.381 e. The molecule has 1 aromatic carbocycles. The third-order valence-electron chi connectivity index (χ3n) is 2.78. The quantitative estimate of drug-likeness (QED) is 0.804. The number of nitrogens with zero attached hydrogens (tertiary/aromatic N) is 3. The van der Waals surface area contributed by atoms with Crippen LogP contribution in [0.15, 0.2) is 21.1 Å². The van der Waals surface area contributed by atoms with Crippen LogP contribution in [-0.4, -0.2) is 15.0 Å². The number of rotatable bonds is 1. The van der Waals surface area contributed by atoms with Crippen molar-refractivity contribution in [3.05, 3.63) is 32.3 Å². The van der Waals surface area contributed by atoms with E-state index in [-0.39, 0.29) is 5.41 Å². The van der Waals surface area contributed by atoms with Crippen LogP contribution in [-0.2, 0) is 5.41 Å². The zero-order valence-electron chi connectivity index (χ0n) is 11.3. The van der Waals surface area contributed by atoms with Gasteiger partial charge in [-0.1, -0.05) is 26.0 Å². The summed E-state index contributed by atoms with van der Waals surface area (Å²) in [4.78, 5) is 0. The maximum Gasteiger partial charge on any atom is 0.170 e. The highest BCUT2D eigenvalue weighted by atomic mass is 79.9. The standard InChI is InChI=1S/C13H16Br2N4/c1-7-5-8(14)10(9(15)6-7)19-11(13(2,3)4)12(16)17-18-19/h5-6H,16H2,1-4H3. The monoisotopic (exact) mass is 386 g/mol. The van der Waals surface area contributed by atoms with Crippen molar-refractivity contribution in [3.63, 3.8) is 0 Å². The second kappa shape index (κ2) is 4.90. The normalized spacial score (nSPS) is 11.9. The van der Waals surface area contributed by atoms with E-state index in [9.17, 15) is 0 Å². The van der Waals surface area contributed by atoms with Crippen molar-refractivity contribution in [1.29, 1.82) is 0 Å². The Hall–Kier alpha value is -0.880. The SMILES string of the molecule is Cc1cc(Br)c(-n2nnc(N)c2C(C)(C)C)c(Br)c1. The Kier molecular flexibility index (Phi) is 3.75. The lowest BCUT2D eigenvalue weighted by Crippen LogP contribution is -2.19. The number of aryl methyl sites for hydroxylation is 1. The predicted octanol–water partition coefficient (Wildman–Crippen LogP) is 3.98. The Bertz CT molecular complexity index is 603. The highest BCUT2D eigenvalue weighted by Gasteiger charge is 2.26. The fourth-order valence-corrected chi connectivity index (χ4v) is 3.80. The molecular formula is C13H16Br2N4. The molecule has 2 rings (SSSR count). The van der Waals surface area contributed by atoms with Crippen LogP contribution >= 0.6 is 31.9 Å². The molecule has 0 atom stereocenters. The van der Waals surface area contributed by atoms with E-state index in [0.29, 0.717) is 5.82 Å². The summed E-state index contributed by atoms with van der Waals surface area (Å²) in [6.07, 6.45) is 0. The molecule has 0 aliphatic rings. The second-order valence-corrected chi connectivity index (χ2v) is 7.27. The summed E-state index contributed by atoms with van der Waals surface area (Å²) in [6, 6.07) is 4.09. The van der Waals surface area contributed by atoms with Crippen molar-refractivity contribution in [1.82, 2.24) is 15.0 Å². The lowest BCUT2D eigenvalue weighted by atomic mass is 9.91. The molecule has 0 aliphatic heterocycles. The first kappa shape index (κ1) is 14.5. The number of hydrogen-bond acceptors (Lipinski definition) is 3. The summed E-state index contributed by atoms with van der Waals surface area (Å²) in [7, 11) is 0. The van der Waals surface area contributed by atoms with Gasteiger partial charge >= 0.3 is 0 Å².